The average Bonchev–Trinajstić information content (AvgIpc) is 3.14. The van der Waals surface area contributed by atoms with Crippen molar-refractivity contribution >= 4 is 5.91 Å². The third-order valence-corrected chi connectivity index (χ3v) is 4.85. The van der Waals surface area contributed by atoms with Crippen LogP contribution in [0.3, 0.4) is 0 Å². The lowest BCUT2D eigenvalue weighted by molar-refractivity contribution is -0.141. The van der Waals surface area contributed by atoms with Gasteiger partial charge in [0, 0.05) is 18.0 Å². The standard InChI is InChI=1S/C18H31NO/c1-13(2)19(17(20)18(3,4)5)12-15-11-16(15)14-9-7-6-8-10-14/h6-7,13-16H,8-12H2,1-5H3. The van der Waals surface area contributed by atoms with E-state index in [1.165, 1.54) is 25.7 Å². The van der Waals surface area contributed by atoms with Crippen LogP contribution in [-0.2, 0) is 4.79 Å². The molecule has 3 unspecified atom stereocenters. The van der Waals surface area contributed by atoms with Gasteiger partial charge in [-0.15, -0.1) is 0 Å². The summed E-state index contributed by atoms with van der Waals surface area (Å²) in [6.07, 6.45) is 9.87. The van der Waals surface area contributed by atoms with E-state index in [0.717, 1.165) is 24.3 Å². The van der Waals surface area contributed by atoms with Gasteiger partial charge in [0.15, 0.2) is 0 Å². The van der Waals surface area contributed by atoms with E-state index in [1.807, 2.05) is 20.8 Å². The monoisotopic (exact) mass is 277 g/mol. The Kier molecular flexibility index (Phi) is 4.61. The van der Waals surface area contributed by atoms with Crippen LogP contribution in [0.5, 0.6) is 0 Å². The molecule has 0 aromatic heterocycles. The zero-order chi connectivity index (χ0) is 14.9. The summed E-state index contributed by atoms with van der Waals surface area (Å²) in [5.41, 5.74) is -0.262. The average molecular weight is 277 g/mol. The van der Waals surface area contributed by atoms with Gasteiger partial charge in [-0.3, -0.25) is 4.79 Å². The minimum atomic E-state index is -0.262. The first-order chi connectivity index (χ1) is 9.30. The number of nitrogens with zero attached hydrogens (tertiary/aromatic N) is 1. The van der Waals surface area contributed by atoms with Crippen molar-refractivity contribution in [1.29, 1.82) is 0 Å². The van der Waals surface area contributed by atoms with E-state index in [4.69, 9.17) is 0 Å². The molecule has 0 aliphatic heterocycles. The maximum Gasteiger partial charge on any atom is 0.228 e. The van der Waals surface area contributed by atoms with E-state index in [-0.39, 0.29) is 5.41 Å². The Morgan fingerprint density at radius 3 is 2.50 bits per heavy atom. The summed E-state index contributed by atoms with van der Waals surface area (Å²) in [5, 5.41) is 0. The summed E-state index contributed by atoms with van der Waals surface area (Å²) in [6.45, 7) is 11.3. The lowest BCUT2D eigenvalue weighted by atomic mass is 9.89. The van der Waals surface area contributed by atoms with E-state index in [0.29, 0.717) is 11.9 Å². The minimum Gasteiger partial charge on any atom is -0.340 e. The molecule has 0 spiro atoms. The SMILES string of the molecule is CC(C)N(CC1CC1C1CC=CCC1)C(=O)C(C)(C)C. The van der Waals surface area contributed by atoms with Crippen molar-refractivity contribution in [2.24, 2.45) is 23.2 Å². The molecule has 114 valence electrons. The van der Waals surface area contributed by atoms with Crippen molar-refractivity contribution in [2.45, 2.75) is 66.3 Å². The first-order valence-electron chi connectivity index (χ1n) is 8.26. The van der Waals surface area contributed by atoms with Crippen LogP contribution in [0, 0.1) is 23.2 Å². The maximum atomic E-state index is 12.6. The van der Waals surface area contributed by atoms with Crippen LogP contribution in [0.15, 0.2) is 12.2 Å². The lowest BCUT2D eigenvalue weighted by Crippen LogP contribution is -2.44. The molecule has 0 heterocycles. The van der Waals surface area contributed by atoms with Crippen LogP contribution >= 0.6 is 0 Å². The Hall–Kier alpha value is -0.790. The third-order valence-electron chi connectivity index (χ3n) is 4.85. The smallest absolute Gasteiger partial charge is 0.228 e. The molecule has 0 N–H and O–H groups in total. The second-order valence-electron chi connectivity index (χ2n) is 8.01. The molecule has 20 heavy (non-hydrogen) atoms. The predicted octanol–water partition coefficient (Wildman–Crippen LogP) is 4.26. The molecule has 1 amide bonds. The molecule has 3 atom stereocenters. The summed E-state index contributed by atoms with van der Waals surface area (Å²) in [7, 11) is 0. The maximum absolute atomic E-state index is 12.6. The Morgan fingerprint density at radius 2 is 2.00 bits per heavy atom. The van der Waals surface area contributed by atoms with E-state index in [1.54, 1.807) is 0 Å². The van der Waals surface area contributed by atoms with Crippen molar-refractivity contribution in [2.75, 3.05) is 6.54 Å². The molecule has 2 nitrogen and oxygen atoms in total. The number of hydrogen-bond acceptors (Lipinski definition) is 1. The molecule has 2 rings (SSSR count). The molecule has 0 aromatic rings. The van der Waals surface area contributed by atoms with Crippen LogP contribution in [0.2, 0.25) is 0 Å². The molecule has 0 saturated heterocycles. The molecule has 2 aliphatic rings. The highest BCUT2D eigenvalue weighted by Crippen LogP contribution is 2.49. The van der Waals surface area contributed by atoms with Crippen molar-refractivity contribution in [1.82, 2.24) is 4.90 Å². The molecule has 0 radical (unpaired) electrons. The fourth-order valence-electron chi connectivity index (χ4n) is 3.48. The number of amides is 1. The summed E-state index contributed by atoms with van der Waals surface area (Å²) in [5.74, 6) is 2.81. The van der Waals surface area contributed by atoms with Crippen molar-refractivity contribution in [3.05, 3.63) is 12.2 Å². The summed E-state index contributed by atoms with van der Waals surface area (Å²) in [4.78, 5) is 14.7. The number of carbonyl (C=O) groups excluding carboxylic acids is 1. The van der Waals surface area contributed by atoms with Gasteiger partial charge in [0.25, 0.3) is 0 Å². The van der Waals surface area contributed by atoms with Gasteiger partial charge in [0.05, 0.1) is 0 Å². The molecular weight excluding hydrogens is 246 g/mol. The van der Waals surface area contributed by atoms with Gasteiger partial charge in [-0.1, -0.05) is 32.9 Å². The zero-order valence-corrected chi connectivity index (χ0v) is 13.9. The van der Waals surface area contributed by atoms with Crippen LogP contribution in [0.1, 0.15) is 60.3 Å². The number of hydrogen-bond donors (Lipinski definition) is 0. The van der Waals surface area contributed by atoms with Crippen LogP contribution in [-0.4, -0.2) is 23.4 Å². The van der Waals surface area contributed by atoms with Gasteiger partial charge in [0.1, 0.15) is 0 Å². The Balaban J connectivity index is 1.91. The predicted molar refractivity (Wildman–Crippen MR) is 84.4 cm³/mol. The molecule has 1 fully saturated rings. The van der Waals surface area contributed by atoms with E-state index < -0.39 is 0 Å². The van der Waals surface area contributed by atoms with Gasteiger partial charge < -0.3 is 4.90 Å². The molecule has 0 bridgehead atoms. The fraction of sp³-hybridized carbons (Fsp3) is 0.833. The van der Waals surface area contributed by atoms with E-state index in [2.05, 4.69) is 30.9 Å². The Morgan fingerprint density at radius 1 is 1.30 bits per heavy atom. The van der Waals surface area contributed by atoms with Gasteiger partial charge >= 0.3 is 0 Å². The lowest BCUT2D eigenvalue weighted by Gasteiger charge is -2.33. The van der Waals surface area contributed by atoms with Crippen LogP contribution in [0.25, 0.3) is 0 Å². The highest BCUT2D eigenvalue weighted by molar-refractivity contribution is 5.81. The summed E-state index contributed by atoms with van der Waals surface area (Å²) >= 11 is 0. The van der Waals surface area contributed by atoms with Crippen molar-refractivity contribution < 1.29 is 4.79 Å². The second-order valence-corrected chi connectivity index (χ2v) is 8.01. The molecule has 0 aromatic carbocycles. The number of carbonyl (C=O) groups is 1. The molecule has 1 saturated carbocycles. The summed E-state index contributed by atoms with van der Waals surface area (Å²) < 4.78 is 0. The largest absolute Gasteiger partial charge is 0.340 e. The molecule has 2 aliphatic carbocycles. The van der Waals surface area contributed by atoms with Crippen molar-refractivity contribution in [3.63, 3.8) is 0 Å². The van der Waals surface area contributed by atoms with Gasteiger partial charge in [-0.25, -0.2) is 0 Å². The zero-order valence-electron chi connectivity index (χ0n) is 13.9. The number of rotatable bonds is 4. The quantitative estimate of drug-likeness (QED) is 0.703. The third kappa shape index (κ3) is 3.65. The van der Waals surface area contributed by atoms with Crippen LogP contribution in [0.4, 0.5) is 0 Å². The topological polar surface area (TPSA) is 20.3 Å². The second kappa shape index (κ2) is 5.91. The number of allylic oxidation sites excluding steroid dienone is 2. The van der Waals surface area contributed by atoms with Crippen LogP contribution < -0.4 is 0 Å². The normalized spacial score (nSPS) is 29.6. The Bertz CT molecular complexity index is 377. The van der Waals surface area contributed by atoms with Gasteiger partial charge in [-0.2, -0.15) is 0 Å². The first kappa shape index (κ1) is 15.6. The highest BCUT2D eigenvalue weighted by atomic mass is 16.2. The van der Waals surface area contributed by atoms with E-state index >= 15 is 0 Å². The fourth-order valence-corrected chi connectivity index (χ4v) is 3.48. The summed E-state index contributed by atoms with van der Waals surface area (Å²) in [6, 6.07) is 0.314. The van der Waals surface area contributed by atoms with Gasteiger partial charge in [-0.05, 0) is 57.3 Å². The Labute approximate surface area is 124 Å². The molecule has 2 heteroatoms. The molecular formula is C18H31NO. The van der Waals surface area contributed by atoms with Crippen molar-refractivity contribution in [3.8, 4) is 0 Å². The van der Waals surface area contributed by atoms with E-state index in [9.17, 15) is 4.79 Å². The van der Waals surface area contributed by atoms with Gasteiger partial charge in [0.2, 0.25) is 5.91 Å². The highest BCUT2D eigenvalue weighted by Gasteiger charge is 2.44. The first-order valence-corrected chi connectivity index (χ1v) is 8.26. The minimum absolute atomic E-state index is 0.262.